The molecule has 1 N–H and O–H groups in total. The minimum Gasteiger partial charge on any atom is -0.497 e. The SMILES string of the molecule is COc1cc(/C=C\c2ccc(OC)c(NC(=O)OCCN3CCOCC3)c2)cc(OC)c1. The molecule has 0 spiro atoms. The number of methoxy groups -OCH3 is 3. The van der Waals surface area contributed by atoms with Gasteiger partial charge in [0.05, 0.1) is 40.2 Å². The number of carbonyl (C=O) groups excluding carboxylic acids is 1. The second-order valence-electron chi connectivity index (χ2n) is 7.15. The monoisotopic (exact) mass is 442 g/mol. The van der Waals surface area contributed by atoms with Crippen LogP contribution in [0.15, 0.2) is 36.4 Å². The predicted octanol–water partition coefficient (Wildman–Crippen LogP) is 3.76. The second-order valence-corrected chi connectivity index (χ2v) is 7.15. The Balaban J connectivity index is 1.63. The van der Waals surface area contributed by atoms with Gasteiger partial charge in [0.15, 0.2) is 0 Å². The zero-order chi connectivity index (χ0) is 22.8. The van der Waals surface area contributed by atoms with E-state index in [2.05, 4.69) is 10.2 Å². The van der Waals surface area contributed by atoms with Gasteiger partial charge >= 0.3 is 6.09 Å². The van der Waals surface area contributed by atoms with E-state index >= 15 is 0 Å². The maximum absolute atomic E-state index is 12.3. The maximum atomic E-state index is 12.3. The predicted molar refractivity (Wildman–Crippen MR) is 124 cm³/mol. The molecule has 3 rings (SSSR count). The van der Waals surface area contributed by atoms with Crippen molar-refractivity contribution in [2.45, 2.75) is 0 Å². The molecule has 0 bridgehead atoms. The summed E-state index contributed by atoms with van der Waals surface area (Å²) in [6.45, 7) is 4.13. The van der Waals surface area contributed by atoms with Crippen molar-refractivity contribution in [2.75, 3.05) is 66.1 Å². The summed E-state index contributed by atoms with van der Waals surface area (Å²) >= 11 is 0. The van der Waals surface area contributed by atoms with Crippen molar-refractivity contribution in [3.8, 4) is 17.2 Å². The molecule has 0 radical (unpaired) electrons. The van der Waals surface area contributed by atoms with Crippen LogP contribution in [-0.2, 0) is 9.47 Å². The third kappa shape index (κ3) is 6.90. The van der Waals surface area contributed by atoms with E-state index < -0.39 is 6.09 Å². The minimum atomic E-state index is -0.518. The topological polar surface area (TPSA) is 78.5 Å². The summed E-state index contributed by atoms with van der Waals surface area (Å²) in [5, 5.41) is 2.77. The van der Waals surface area contributed by atoms with Crippen molar-refractivity contribution in [1.29, 1.82) is 0 Å². The Hall–Kier alpha value is -3.23. The van der Waals surface area contributed by atoms with E-state index in [1.54, 1.807) is 27.4 Å². The number of benzene rings is 2. The summed E-state index contributed by atoms with van der Waals surface area (Å²) in [4.78, 5) is 14.5. The number of ether oxygens (including phenoxy) is 5. The third-order valence-corrected chi connectivity index (χ3v) is 5.05. The van der Waals surface area contributed by atoms with Gasteiger partial charge in [-0.05, 0) is 35.4 Å². The van der Waals surface area contributed by atoms with E-state index in [9.17, 15) is 4.79 Å². The smallest absolute Gasteiger partial charge is 0.411 e. The second kappa shape index (κ2) is 12.0. The molecule has 8 nitrogen and oxygen atoms in total. The summed E-state index contributed by atoms with van der Waals surface area (Å²) in [6.07, 6.45) is 3.36. The molecule has 0 aromatic heterocycles. The molecule has 1 fully saturated rings. The van der Waals surface area contributed by atoms with Gasteiger partial charge in [0.2, 0.25) is 0 Å². The largest absolute Gasteiger partial charge is 0.497 e. The standard InChI is InChI=1S/C24H30N2O6/c1-28-20-14-19(15-21(17-20)29-2)5-4-18-6-7-23(30-3)22(16-18)25-24(27)32-13-10-26-8-11-31-12-9-26/h4-7,14-17H,8-13H2,1-3H3,(H,25,27)/b5-4-. The van der Waals surface area contributed by atoms with Crippen molar-refractivity contribution in [1.82, 2.24) is 4.90 Å². The highest BCUT2D eigenvalue weighted by atomic mass is 16.5. The first-order chi connectivity index (χ1) is 15.6. The lowest BCUT2D eigenvalue weighted by Gasteiger charge is -2.26. The summed E-state index contributed by atoms with van der Waals surface area (Å²) in [5.41, 5.74) is 2.35. The molecule has 8 heteroatoms. The van der Waals surface area contributed by atoms with Gasteiger partial charge < -0.3 is 23.7 Å². The van der Waals surface area contributed by atoms with Crippen LogP contribution in [0.1, 0.15) is 11.1 Å². The number of nitrogens with zero attached hydrogens (tertiary/aromatic N) is 1. The molecule has 1 heterocycles. The molecule has 0 unspecified atom stereocenters. The van der Waals surface area contributed by atoms with Crippen LogP contribution in [0.4, 0.5) is 10.5 Å². The highest BCUT2D eigenvalue weighted by Gasteiger charge is 2.12. The van der Waals surface area contributed by atoms with Crippen molar-refractivity contribution in [2.24, 2.45) is 0 Å². The van der Waals surface area contributed by atoms with Crippen LogP contribution in [0.25, 0.3) is 12.2 Å². The molecular weight excluding hydrogens is 412 g/mol. The molecule has 1 amide bonds. The van der Waals surface area contributed by atoms with Crippen molar-refractivity contribution in [3.05, 3.63) is 47.5 Å². The van der Waals surface area contributed by atoms with Crippen molar-refractivity contribution in [3.63, 3.8) is 0 Å². The van der Waals surface area contributed by atoms with E-state index in [1.807, 2.05) is 42.5 Å². The van der Waals surface area contributed by atoms with E-state index in [-0.39, 0.29) is 0 Å². The van der Waals surface area contributed by atoms with Crippen molar-refractivity contribution < 1.29 is 28.5 Å². The Morgan fingerprint density at radius 2 is 1.66 bits per heavy atom. The number of carbonyl (C=O) groups is 1. The Bertz CT molecular complexity index is 902. The molecule has 1 aliphatic rings. The summed E-state index contributed by atoms with van der Waals surface area (Å²) < 4.78 is 26.7. The molecule has 2 aromatic rings. The third-order valence-electron chi connectivity index (χ3n) is 5.05. The van der Waals surface area contributed by atoms with Crippen LogP contribution in [-0.4, -0.2) is 71.8 Å². The maximum Gasteiger partial charge on any atom is 0.411 e. The fraction of sp³-hybridized carbons (Fsp3) is 0.375. The fourth-order valence-electron chi connectivity index (χ4n) is 3.28. The molecule has 0 aliphatic carbocycles. The van der Waals surface area contributed by atoms with Crippen LogP contribution in [0, 0.1) is 0 Å². The fourth-order valence-corrected chi connectivity index (χ4v) is 3.28. The summed E-state index contributed by atoms with van der Waals surface area (Å²) in [5.74, 6) is 1.97. The number of amides is 1. The highest BCUT2D eigenvalue weighted by molar-refractivity contribution is 5.88. The number of morpholine rings is 1. The van der Waals surface area contributed by atoms with Gasteiger partial charge in [-0.15, -0.1) is 0 Å². The Morgan fingerprint density at radius 3 is 2.31 bits per heavy atom. The highest BCUT2D eigenvalue weighted by Crippen LogP contribution is 2.28. The molecule has 0 saturated carbocycles. The van der Waals surface area contributed by atoms with Gasteiger partial charge in [-0.2, -0.15) is 0 Å². The van der Waals surface area contributed by atoms with E-state index in [0.29, 0.717) is 49.3 Å². The molecule has 1 aliphatic heterocycles. The van der Waals surface area contributed by atoms with Crippen LogP contribution in [0.5, 0.6) is 17.2 Å². The number of nitrogens with one attached hydrogen (secondary N) is 1. The van der Waals surface area contributed by atoms with E-state index in [1.165, 1.54) is 0 Å². The number of anilines is 1. The molecule has 1 saturated heterocycles. The lowest BCUT2D eigenvalue weighted by molar-refractivity contribution is 0.0290. The van der Waals surface area contributed by atoms with Gasteiger partial charge in [-0.1, -0.05) is 18.2 Å². The molecular formula is C24H30N2O6. The average Bonchev–Trinajstić information content (AvgIpc) is 2.83. The first-order valence-corrected chi connectivity index (χ1v) is 10.4. The number of rotatable bonds is 9. The quantitative estimate of drug-likeness (QED) is 0.593. The first kappa shape index (κ1) is 23.4. The Kier molecular flexibility index (Phi) is 8.77. The number of hydrogen-bond acceptors (Lipinski definition) is 7. The normalized spacial score (nSPS) is 14.2. The zero-order valence-corrected chi connectivity index (χ0v) is 18.8. The minimum absolute atomic E-state index is 0.311. The molecule has 32 heavy (non-hydrogen) atoms. The first-order valence-electron chi connectivity index (χ1n) is 10.4. The summed E-state index contributed by atoms with van der Waals surface area (Å²) in [7, 11) is 4.79. The zero-order valence-electron chi connectivity index (χ0n) is 18.8. The summed E-state index contributed by atoms with van der Waals surface area (Å²) in [6, 6.07) is 11.2. The lowest BCUT2D eigenvalue weighted by atomic mass is 10.1. The molecule has 172 valence electrons. The average molecular weight is 443 g/mol. The van der Waals surface area contributed by atoms with Gasteiger partial charge in [-0.25, -0.2) is 4.79 Å². The Labute approximate surface area is 188 Å². The Morgan fingerprint density at radius 1 is 0.969 bits per heavy atom. The van der Waals surface area contributed by atoms with Crippen LogP contribution in [0.3, 0.4) is 0 Å². The van der Waals surface area contributed by atoms with Crippen molar-refractivity contribution >= 4 is 23.9 Å². The van der Waals surface area contributed by atoms with Gasteiger partial charge in [0, 0.05) is 25.7 Å². The molecule has 2 aromatic carbocycles. The lowest BCUT2D eigenvalue weighted by Crippen LogP contribution is -2.38. The van der Waals surface area contributed by atoms with Crippen LogP contribution >= 0.6 is 0 Å². The molecule has 0 atom stereocenters. The van der Waals surface area contributed by atoms with E-state index in [0.717, 1.165) is 24.2 Å². The van der Waals surface area contributed by atoms with E-state index in [4.69, 9.17) is 23.7 Å². The van der Waals surface area contributed by atoms with Crippen LogP contribution in [0.2, 0.25) is 0 Å². The van der Waals surface area contributed by atoms with Crippen LogP contribution < -0.4 is 19.5 Å². The van der Waals surface area contributed by atoms with Gasteiger partial charge in [0.1, 0.15) is 23.9 Å². The number of hydrogen-bond donors (Lipinski definition) is 1. The van der Waals surface area contributed by atoms with Gasteiger partial charge in [0.25, 0.3) is 0 Å². The van der Waals surface area contributed by atoms with Gasteiger partial charge in [-0.3, -0.25) is 10.2 Å².